The van der Waals surface area contributed by atoms with Crippen molar-refractivity contribution in [2.45, 2.75) is 88.2 Å². The van der Waals surface area contributed by atoms with Gasteiger partial charge in [-0.25, -0.2) is 8.42 Å². The number of hydrogen-bond acceptors (Lipinski definition) is 7. The minimum absolute atomic E-state index is 0.0307. The quantitative estimate of drug-likeness (QED) is 0.248. The van der Waals surface area contributed by atoms with Crippen molar-refractivity contribution in [1.82, 2.24) is 14.9 Å². The summed E-state index contributed by atoms with van der Waals surface area (Å²) in [5.74, 6) is -0.691. The molecule has 2 fully saturated rings. The van der Waals surface area contributed by atoms with Crippen LogP contribution in [0.2, 0.25) is 5.02 Å². The zero-order valence-electron chi connectivity index (χ0n) is 25.4. The van der Waals surface area contributed by atoms with Crippen LogP contribution < -0.4 is 15.8 Å². The summed E-state index contributed by atoms with van der Waals surface area (Å²) in [5, 5.41) is 15.3. The SMILES string of the molecule is CC(C)(C)NC(=O)C1(C2CCCCC2)CCN(C(c2ccc(Cl)cc2)[C@@H](NS(=O)(=O)c2ccccc2[N+](=O)[O-])C(N)=O)CC1. The van der Waals surface area contributed by atoms with E-state index in [0.717, 1.165) is 44.2 Å². The summed E-state index contributed by atoms with van der Waals surface area (Å²) in [6.07, 6.45) is 6.28. The molecular weight excluding hydrogens is 606 g/mol. The van der Waals surface area contributed by atoms with Gasteiger partial charge >= 0.3 is 0 Å². The Morgan fingerprint density at radius 2 is 1.64 bits per heavy atom. The minimum atomic E-state index is -4.56. The number of carbonyl (C=O) groups is 2. The summed E-state index contributed by atoms with van der Waals surface area (Å²) in [5.41, 5.74) is 4.84. The number of sulfonamides is 1. The third-order valence-electron chi connectivity index (χ3n) is 8.88. The van der Waals surface area contributed by atoms with Gasteiger partial charge < -0.3 is 11.1 Å². The Balaban J connectivity index is 1.71. The van der Waals surface area contributed by atoms with E-state index < -0.39 is 54.5 Å². The highest BCUT2D eigenvalue weighted by Gasteiger charge is 2.50. The first kappa shape index (κ1) is 33.8. The number of nitro groups is 1. The van der Waals surface area contributed by atoms with Gasteiger partial charge in [-0.05, 0) is 89.2 Å². The smallest absolute Gasteiger partial charge is 0.289 e. The fourth-order valence-electron chi connectivity index (χ4n) is 6.76. The van der Waals surface area contributed by atoms with Crippen LogP contribution in [0.25, 0.3) is 0 Å². The monoisotopic (exact) mass is 647 g/mol. The lowest BCUT2D eigenvalue weighted by atomic mass is 9.62. The van der Waals surface area contributed by atoms with E-state index in [-0.39, 0.29) is 11.8 Å². The molecule has 0 spiro atoms. The van der Waals surface area contributed by atoms with Crippen LogP contribution in [0, 0.1) is 21.4 Å². The van der Waals surface area contributed by atoms with Crippen molar-refractivity contribution in [2.24, 2.45) is 17.1 Å². The third-order valence-corrected chi connectivity index (χ3v) is 10.6. The number of para-hydroxylation sites is 1. The molecule has 0 bridgehead atoms. The molecular formula is C31H42ClN5O6S. The normalized spacial score (nSPS) is 19.5. The Labute approximate surface area is 264 Å². The van der Waals surface area contributed by atoms with Gasteiger partial charge in [0, 0.05) is 16.6 Å². The Morgan fingerprint density at radius 1 is 1.05 bits per heavy atom. The van der Waals surface area contributed by atoms with Gasteiger partial charge in [-0.3, -0.25) is 24.6 Å². The molecule has 0 radical (unpaired) electrons. The highest BCUT2D eigenvalue weighted by Crippen LogP contribution is 2.48. The van der Waals surface area contributed by atoms with Gasteiger partial charge in [0.1, 0.15) is 6.04 Å². The molecule has 4 N–H and O–H groups in total. The number of nitrogens with one attached hydrogen (secondary N) is 2. The van der Waals surface area contributed by atoms with Gasteiger partial charge in [-0.1, -0.05) is 55.1 Å². The van der Waals surface area contributed by atoms with E-state index in [1.54, 1.807) is 24.3 Å². The lowest BCUT2D eigenvalue weighted by Crippen LogP contribution is -2.59. The van der Waals surface area contributed by atoms with Crippen molar-refractivity contribution in [1.29, 1.82) is 0 Å². The largest absolute Gasteiger partial charge is 0.368 e. The Kier molecular flexibility index (Phi) is 10.4. The summed E-state index contributed by atoms with van der Waals surface area (Å²) >= 11 is 6.16. The molecule has 2 amide bonds. The molecule has 13 heteroatoms. The lowest BCUT2D eigenvalue weighted by Gasteiger charge is -2.49. The number of benzene rings is 2. The average Bonchev–Trinajstić information content (AvgIpc) is 2.97. The molecule has 1 saturated carbocycles. The fourth-order valence-corrected chi connectivity index (χ4v) is 8.27. The van der Waals surface area contributed by atoms with E-state index in [0.29, 0.717) is 36.5 Å². The number of nitrogens with two attached hydrogens (primary N) is 1. The Hall–Kier alpha value is -3.06. The predicted octanol–water partition coefficient (Wildman–Crippen LogP) is 4.70. The van der Waals surface area contributed by atoms with Crippen LogP contribution in [0.15, 0.2) is 53.4 Å². The first-order chi connectivity index (χ1) is 20.6. The number of carbonyl (C=O) groups excluding carboxylic acids is 2. The number of halogens is 1. The molecule has 1 unspecified atom stereocenters. The molecule has 2 atom stereocenters. The Bertz CT molecular complexity index is 1460. The van der Waals surface area contributed by atoms with Crippen LogP contribution >= 0.6 is 11.6 Å². The van der Waals surface area contributed by atoms with E-state index in [9.17, 15) is 28.1 Å². The second kappa shape index (κ2) is 13.5. The molecule has 4 rings (SSSR count). The zero-order valence-corrected chi connectivity index (χ0v) is 27.0. The summed E-state index contributed by atoms with van der Waals surface area (Å²) in [7, 11) is -4.56. The van der Waals surface area contributed by atoms with Crippen molar-refractivity contribution < 1.29 is 22.9 Å². The number of piperidine rings is 1. The molecule has 11 nitrogen and oxygen atoms in total. The van der Waals surface area contributed by atoms with Crippen LogP contribution in [0.3, 0.4) is 0 Å². The van der Waals surface area contributed by atoms with E-state index in [1.165, 1.54) is 12.1 Å². The van der Waals surface area contributed by atoms with Crippen molar-refractivity contribution in [3.05, 3.63) is 69.2 Å². The maximum Gasteiger partial charge on any atom is 0.289 e. The van der Waals surface area contributed by atoms with E-state index >= 15 is 0 Å². The Morgan fingerprint density at radius 3 is 2.18 bits per heavy atom. The zero-order chi connectivity index (χ0) is 32.3. The third kappa shape index (κ3) is 7.59. The molecule has 1 aliphatic carbocycles. The lowest BCUT2D eigenvalue weighted by molar-refractivity contribution is -0.387. The number of likely N-dealkylation sites (tertiary alicyclic amines) is 1. The van der Waals surface area contributed by atoms with E-state index in [1.807, 2.05) is 25.7 Å². The summed E-state index contributed by atoms with van der Waals surface area (Å²) in [6, 6.07) is 9.29. The first-order valence-electron chi connectivity index (χ1n) is 15.0. The van der Waals surface area contributed by atoms with Gasteiger partial charge in [0.15, 0.2) is 4.90 Å². The van der Waals surface area contributed by atoms with Crippen molar-refractivity contribution in [3.63, 3.8) is 0 Å². The molecule has 44 heavy (non-hydrogen) atoms. The average molecular weight is 648 g/mol. The van der Waals surface area contributed by atoms with E-state index in [2.05, 4.69) is 10.0 Å². The van der Waals surface area contributed by atoms with Gasteiger partial charge in [0.2, 0.25) is 21.8 Å². The maximum atomic E-state index is 13.9. The summed E-state index contributed by atoms with van der Waals surface area (Å²) in [4.78, 5) is 39.2. The van der Waals surface area contributed by atoms with Gasteiger partial charge in [-0.2, -0.15) is 4.72 Å². The number of rotatable bonds is 10. The maximum absolute atomic E-state index is 13.9. The second-order valence-electron chi connectivity index (χ2n) is 13.0. The molecule has 1 saturated heterocycles. The number of hydrogen-bond donors (Lipinski definition) is 3. The number of primary amides is 1. The number of nitrogens with zero attached hydrogens (tertiary/aromatic N) is 2. The highest BCUT2D eigenvalue weighted by molar-refractivity contribution is 7.89. The van der Waals surface area contributed by atoms with Crippen LogP contribution in [-0.2, 0) is 19.6 Å². The van der Waals surface area contributed by atoms with Gasteiger partial charge in [0.25, 0.3) is 5.69 Å². The standard InChI is InChI=1S/C31H42ClN5O6S/c1-30(2,3)34-29(39)31(22-9-5-4-6-10-22)17-19-36(20-18-31)27(21-13-15-23(32)16-14-21)26(28(33)38)35-44(42,43)25-12-8-7-11-24(25)37(40)41/h7-8,11-16,22,26-27,35H,4-6,9-10,17-20H2,1-3H3,(H2,33,38)(H,34,39)/t26-,27?/m1/s1. The number of amides is 2. The van der Waals surface area contributed by atoms with Crippen molar-refractivity contribution in [2.75, 3.05) is 13.1 Å². The first-order valence-corrected chi connectivity index (χ1v) is 16.9. The fraction of sp³-hybridized carbons (Fsp3) is 0.548. The van der Waals surface area contributed by atoms with Crippen LogP contribution in [-0.4, -0.2) is 54.7 Å². The van der Waals surface area contributed by atoms with Gasteiger partial charge in [0.05, 0.1) is 16.4 Å². The van der Waals surface area contributed by atoms with E-state index in [4.69, 9.17) is 17.3 Å². The highest BCUT2D eigenvalue weighted by atomic mass is 35.5. The molecule has 1 heterocycles. The molecule has 1 aliphatic heterocycles. The van der Waals surface area contributed by atoms with Gasteiger partial charge in [-0.15, -0.1) is 0 Å². The summed E-state index contributed by atoms with van der Waals surface area (Å²) < 4.78 is 29.5. The topological polar surface area (TPSA) is 165 Å². The van der Waals surface area contributed by atoms with Crippen molar-refractivity contribution >= 4 is 39.1 Å². The molecule has 0 aromatic heterocycles. The van der Waals surface area contributed by atoms with Crippen LogP contribution in [0.5, 0.6) is 0 Å². The molecule has 2 aliphatic rings. The van der Waals surface area contributed by atoms with Crippen LogP contribution in [0.1, 0.15) is 77.3 Å². The molecule has 2 aromatic rings. The van der Waals surface area contributed by atoms with Crippen molar-refractivity contribution in [3.8, 4) is 0 Å². The molecule has 240 valence electrons. The predicted molar refractivity (Wildman–Crippen MR) is 168 cm³/mol. The minimum Gasteiger partial charge on any atom is -0.368 e. The van der Waals surface area contributed by atoms with Crippen LogP contribution in [0.4, 0.5) is 5.69 Å². The number of nitro benzene ring substituents is 1. The second-order valence-corrected chi connectivity index (χ2v) is 15.1. The molecule has 2 aromatic carbocycles. The summed E-state index contributed by atoms with van der Waals surface area (Å²) in [6.45, 7) is 6.69.